The van der Waals surface area contributed by atoms with Crippen LogP contribution in [0.25, 0.3) is 0 Å². The Morgan fingerprint density at radius 1 is 1.17 bits per heavy atom. The van der Waals surface area contributed by atoms with Gasteiger partial charge in [0.15, 0.2) is 11.5 Å². The average Bonchev–Trinajstić information content (AvgIpc) is 3.63. The lowest BCUT2D eigenvalue weighted by Crippen LogP contribution is -2.78. The summed E-state index contributed by atoms with van der Waals surface area (Å²) in [6, 6.07) is 13.3. The second-order valence-corrected chi connectivity index (χ2v) is 11.7. The molecule has 0 radical (unpaired) electrons. The van der Waals surface area contributed by atoms with Crippen LogP contribution in [0.5, 0.6) is 11.5 Å². The van der Waals surface area contributed by atoms with Gasteiger partial charge in [-0.1, -0.05) is 36.4 Å². The third-order valence-corrected chi connectivity index (χ3v) is 9.84. The molecule has 0 aromatic heterocycles. The average molecular weight is 490 g/mol. The van der Waals surface area contributed by atoms with Crippen LogP contribution in [0, 0.1) is 5.92 Å². The van der Waals surface area contributed by atoms with Crippen LogP contribution in [0.3, 0.4) is 0 Å². The van der Waals surface area contributed by atoms with Crippen molar-refractivity contribution in [3.05, 3.63) is 59.2 Å². The van der Waals surface area contributed by atoms with Crippen molar-refractivity contribution in [2.75, 3.05) is 20.1 Å². The third kappa shape index (κ3) is 3.02. The van der Waals surface area contributed by atoms with Gasteiger partial charge in [-0.15, -0.1) is 0 Å². The van der Waals surface area contributed by atoms with Crippen LogP contribution in [0.15, 0.2) is 42.5 Å². The highest BCUT2D eigenvalue weighted by Crippen LogP contribution is 2.66. The fraction of sp³-hybridized carbons (Fsp3) is 0.552. The first-order valence-corrected chi connectivity index (χ1v) is 13.5. The summed E-state index contributed by atoms with van der Waals surface area (Å²) in [7, 11) is 1.83. The third-order valence-electron chi connectivity index (χ3n) is 9.84. The lowest BCUT2D eigenvalue weighted by molar-refractivity contribution is -0.197. The van der Waals surface area contributed by atoms with E-state index in [-0.39, 0.29) is 23.9 Å². The zero-order chi connectivity index (χ0) is 24.7. The molecular weight excluding hydrogens is 454 g/mol. The number of hydrogen-bond acceptors (Lipinski definition) is 5. The van der Waals surface area contributed by atoms with Crippen LogP contribution >= 0.6 is 0 Å². The summed E-state index contributed by atoms with van der Waals surface area (Å²) in [6.45, 7) is 2.43. The molecule has 3 aliphatic carbocycles. The van der Waals surface area contributed by atoms with E-state index in [1.165, 1.54) is 18.4 Å². The molecule has 190 valence electrons. The Kier molecular flexibility index (Phi) is 4.90. The Hall–Kier alpha value is -2.77. The lowest BCUT2D eigenvalue weighted by atomic mass is 9.48. The van der Waals surface area contributed by atoms with E-state index in [1.807, 2.05) is 43.4 Å². The second-order valence-electron chi connectivity index (χ2n) is 11.7. The van der Waals surface area contributed by atoms with Gasteiger partial charge in [-0.2, -0.15) is 0 Å². The van der Waals surface area contributed by atoms with Gasteiger partial charge in [0, 0.05) is 31.7 Å². The number of likely N-dealkylation sites (N-methyl/N-ethyl adjacent to an activating group) is 1. The fourth-order valence-electron chi connectivity index (χ4n) is 7.90. The number of rotatable bonds is 5. The van der Waals surface area contributed by atoms with Crippen molar-refractivity contribution in [2.24, 2.45) is 5.92 Å². The number of urea groups is 1. The molecule has 1 saturated heterocycles. The summed E-state index contributed by atoms with van der Waals surface area (Å²) >= 11 is 0. The molecule has 0 unspecified atom stereocenters. The minimum atomic E-state index is -0.936. The standard InChI is InChI=1S/C29H35N3O4/c1-31(27(34)30-16-18-5-3-2-4-6-18)21-11-12-29(35)23-15-20-9-10-22(33)25-24(20)28(29,26(21)36-25)13-14-32(23)17-19-7-8-19/h2-6,9-10,19,21,23,26,33,35H,7-8,11-17H2,1H3,(H,30,34)/t21-,23+,26-,28-,29+/m0/s1. The van der Waals surface area contributed by atoms with Crippen molar-refractivity contribution in [1.29, 1.82) is 0 Å². The molecule has 7 rings (SSSR count). The number of aromatic hydroxyl groups is 1. The first-order chi connectivity index (χ1) is 17.4. The molecule has 2 heterocycles. The molecule has 2 aromatic carbocycles. The van der Waals surface area contributed by atoms with Gasteiger partial charge >= 0.3 is 6.03 Å². The summed E-state index contributed by atoms with van der Waals surface area (Å²) < 4.78 is 6.60. The normalized spacial score (nSPS) is 34.0. The molecule has 1 spiro atoms. The molecule has 3 fully saturated rings. The van der Waals surface area contributed by atoms with Crippen molar-refractivity contribution >= 4 is 6.03 Å². The SMILES string of the molecule is CN(C(=O)NCc1ccccc1)[C@H]1CC[C@@]2(O)[C@H]3Cc4ccc(O)c5c4[C@@]2(CCN3CC2CC2)[C@H]1O5. The van der Waals surface area contributed by atoms with E-state index in [1.54, 1.807) is 11.0 Å². The van der Waals surface area contributed by atoms with Gasteiger partial charge in [0.25, 0.3) is 0 Å². The van der Waals surface area contributed by atoms with Crippen LogP contribution in [0.1, 0.15) is 48.8 Å². The smallest absolute Gasteiger partial charge is 0.317 e. The molecule has 36 heavy (non-hydrogen) atoms. The number of nitrogens with zero attached hydrogens (tertiary/aromatic N) is 2. The number of phenolic OH excluding ortho intramolecular Hbond substituents is 1. The highest BCUT2D eigenvalue weighted by atomic mass is 16.5. The number of carbonyl (C=O) groups is 1. The van der Waals surface area contributed by atoms with Gasteiger partial charge in [-0.25, -0.2) is 4.79 Å². The van der Waals surface area contributed by atoms with E-state index in [9.17, 15) is 15.0 Å². The number of ether oxygens (including phenoxy) is 1. The van der Waals surface area contributed by atoms with Gasteiger partial charge in [0.05, 0.1) is 17.1 Å². The van der Waals surface area contributed by atoms with Gasteiger partial charge < -0.3 is 25.2 Å². The van der Waals surface area contributed by atoms with Gasteiger partial charge in [-0.05, 0) is 68.2 Å². The summed E-state index contributed by atoms with van der Waals surface area (Å²) in [5.41, 5.74) is 1.68. The molecule has 2 amide bonds. The number of aliphatic hydroxyl groups is 1. The predicted octanol–water partition coefficient (Wildman–Crippen LogP) is 3.17. The number of likely N-dealkylation sites (tertiary alicyclic amines) is 1. The van der Waals surface area contributed by atoms with Crippen LogP contribution in [-0.2, 0) is 18.4 Å². The summed E-state index contributed by atoms with van der Waals surface area (Å²) in [6.07, 6.45) is 5.02. The molecule has 2 saturated carbocycles. The van der Waals surface area contributed by atoms with E-state index >= 15 is 0 Å². The first kappa shape index (κ1) is 22.4. The van der Waals surface area contributed by atoms with Gasteiger partial charge in [0.1, 0.15) is 6.10 Å². The Balaban J connectivity index is 1.23. The fourth-order valence-corrected chi connectivity index (χ4v) is 7.90. The van der Waals surface area contributed by atoms with E-state index in [0.29, 0.717) is 25.1 Å². The summed E-state index contributed by atoms with van der Waals surface area (Å²) in [5, 5.41) is 26.4. The van der Waals surface area contributed by atoms with Gasteiger partial charge in [0.2, 0.25) is 0 Å². The largest absolute Gasteiger partial charge is 0.504 e. The molecule has 7 nitrogen and oxygen atoms in total. The van der Waals surface area contributed by atoms with Crippen molar-refractivity contribution in [3.8, 4) is 11.5 Å². The maximum Gasteiger partial charge on any atom is 0.317 e. The topological polar surface area (TPSA) is 85.3 Å². The molecule has 5 aliphatic rings. The second kappa shape index (κ2) is 7.86. The molecule has 5 atom stereocenters. The first-order valence-electron chi connectivity index (χ1n) is 13.5. The molecule has 2 aliphatic heterocycles. The van der Waals surface area contributed by atoms with E-state index in [0.717, 1.165) is 43.0 Å². The van der Waals surface area contributed by atoms with Crippen molar-refractivity contribution in [2.45, 2.75) is 74.3 Å². The zero-order valence-corrected chi connectivity index (χ0v) is 20.8. The van der Waals surface area contributed by atoms with E-state index < -0.39 is 17.1 Å². The van der Waals surface area contributed by atoms with Crippen molar-refractivity contribution in [3.63, 3.8) is 0 Å². The number of carbonyl (C=O) groups excluding carboxylic acids is 1. The van der Waals surface area contributed by atoms with Gasteiger partial charge in [-0.3, -0.25) is 4.90 Å². The minimum absolute atomic E-state index is 0.0408. The maximum atomic E-state index is 13.3. The molecule has 3 N–H and O–H groups in total. The highest BCUT2D eigenvalue weighted by molar-refractivity contribution is 5.75. The monoisotopic (exact) mass is 489 g/mol. The Morgan fingerprint density at radius 2 is 1.97 bits per heavy atom. The number of benzene rings is 2. The molecule has 7 heteroatoms. The molecule has 2 aromatic rings. The Bertz CT molecular complexity index is 1200. The summed E-state index contributed by atoms with van der Waals surface area (Å²) in [5.74, 6) is 1.41. The number of piperidine rings is 1. The number of hydrogen-bond donors (Lipinski definition) is 3. The Labute approximate surface area is 212 Å². The van der Waals surface area contributed by atoms with E-state index in [4.69, 9.17) is 4.74 Å². The number of nitrogens with one attached hydrogen (secondary N) is 1. The maximum absolute atomic E-state index is 13.3. The van der Waals surface area contributed by atoms with Crippen molar-refractivity contribution in [1.82, 2.24) is 15.1 Å². The summed E-state index contributed by atoms with van der Waals surface area (Å²) in [4.78, 5) is 17.6. The molecular formula is C29H35N3O4. The number of phenols is 1. The lowest BCUT2D eigenvalue weighted by Gasteiger charge is -2.64. The van der Waals surface area contributed by atoms with E-state index in [2.05, 4.69) is 10.2 Å². The zero-order valence-electron chi connectivity index (χ0n) is 20.8. The number of amides is 2. The van der Waals surface area contributed by atoms with Crippen LogP contribution < -0.4 is 10.1 Å². The quantitative estimate of drug-likeness (QED) is 0.601. The van der Waals surface area contributed by atoms with Crippen molar-refractivity contribution < 1.29 is 19.7 Å². The Morgan fingerprint density at radius 3 is 2.75 bits per heavy atom. The van der Waals surface area contributed by atoms with Crippen LogP contribution in [-0.4, -0.2) is 70.0 Å². The molecule has 2 bridgehead atoms. The minimum Gasteiger partial charge on any atom is -0.504 e. The highest BCUT2D eigenvalue weighted by Gasteiger charge is 2.73. The van der Waals surface area contributed by atoms with Crippen LogP contribution in [0.4, 0.5) is 4.79 Å². The predicted molar refractivity (Wildman–Crippen MR) is 135 cm³/mol. The van der Waals surface area contributed by atoms with Crippen LogP contribution in [0.2, 0.25) is 0 Å².